The van der Waals surface area contributed by atoms with Crippen molar-refractivity contribution in [3.63, 3.8) is 0 Å². The van der Waals surface area contributed by atoms with E-state index in [0.29, 0.717) is 18.4 Å². The molecule has 0 aliphatic heterocycles. The zero-order valence-electron chi connectivity index (χ0n) is 14.5. The van der Waals surface area contributed by atoms with E-state index in [0.717, 1.165) is 17.3 Å². The molecule has 0 saturated heterocycles. The summed E-state index contributed by atoms with van der Waals surface area (Å²) in [4.78, 5) is 19.2. The van der Waals surface area contributed by atoms with Crippen LogP contribution in [-0.2, 0) is 17.4 Å². The summed E-state index contributed by atoms with van der Waals surface area (Å²) in [6.07, 6.45) is -4.15. The molecule has 0 radical (unpaired) electrons. The molecule has 0 unspecified atom stereocenters. The first-order chi connectivity index (χ1) is 13.3. The third-order valence-corrected chi connectivity index (χ3v) is 4.80. The van der Waals surface area contributed by atoms with Crippen LogP contribution in [0.2, 0.25) is 0 Å². The van der Waals surface area contributed by atoms with Gasteiger partial charge in [0.25, 0.3) is 0 Å². The number of hydrogen-bond acceptors (Lipinski definition) is 4. The molecule has 1 N–H and O–H groups in total. The molecule has 2 aromatic carbocycles. The average Bonchev–Trinajstić information content (AvgIpc) is 2.66. The van der Waals surface area contributed by atoms with Crippen LogP contribution in [0.5, 0.6) is 0 Å². The van der Waals surface area contributed by atoms with Crippen LogP contribution in [0, 0.1) is 5.82 Å². The number of hydrogen-bond donors (Lipinski definition) is 1. The van der Waals surface area contributed by atoms with Gasteiger partial charge in [0.2, 0.25) is 11.7 Å². The zero-order chi connectivity index (χ0) is 20.1. The van der Waals surface area contributed by atoms with E-state index in [9.17, 15) is 22.4 Å². The van der Waals surface area contributed by atoms with E-state index in [2.05, 4.69) is 15.3 Å². The van der Waals surface area contributed by atoms with Gasteiger partial charge in [-0.25, -0.2) is 14.4 Å². The van der Waals surface area contributed by atoms with E-state index in [4.69, 9.17) is 0 Å². The molecule has 0 atom stereocenters. The molecule has 0 spiro atoms. The average molecular weight is 409 g/mol. The fourth-order valence-corrected chi connectivity index (χ4v) is 3.32. The molecule has 0 aliphatic carbocycles. The van der Waals surface area contributed by atoms with Crippen molar-refractivity contribution in [2.24, 2.45) is 0 Å². The van der Waals surface area contributed by atoms with Gasteiger partial charge < -0.3 is 5.32 Å². The zero-order valence-corrected chi connectivity index (χ0v) is 15.3. The van der Waals surface area contributed by atoms with Crippen molar-refractivity contribution in [3.8, 4) is 0 Å². The summed E-state index contributed by atoms with van der Waals surface area (Å²) in [5, 5.41) is 3.25. The molecule has 4 nitrogen and oxygen atoms in total. The highest BCUT2D eigenvalue weighted by atomic mass is 32.2. The number of carbonyl (C=O) groups is 1. The maximum absolute atomic E-state index is 13.0. The van der Waals surface area contributed by atoms with Crippen molar-refractivity contribution in [3.05, 3.63) is 65.7 Å². The van der Waals surface area contributed by atoms with Crippen LogP contribution >= 0.6 is 11.8 Å². The Kier molecular flexibility index (Phi) is 6.13. The van der Waals surface area contributed by atoms with Gasteiger partial charge in [0.1, 0.15) is 10.8 Å². The highest BCUT2D eigenvalue weighted by Gasteiger charge is 2.35. The first kappa shape index (κ1) is 20.1. The lowest BCUT2D eigenvalue weighted by atomic mass is 10.1. The molecule has 0 saturated carbocycles. The number of para-hydroxylation sites is 1. The van der Waals surface area contributed by atoms with E-state index in [-0.39, 0.29) is 28.0 Å². The Morgan fingerprint density at radius 2 is 1.75 bits per heavy atom. The largest absolute Gasteiger partial charge is 0.451 e. The predicted molar refractivity (Wildman–Crippen MR) is 98.4 cm³/mol. The number of fused-ring (bicyclic) bond motifs is 1. The molecule has 3 aromatic rings. The molecule has 1 aromatic heterocycles. The molecule has 1 amide bonds. The quantitative estimate of drug-likeness (QED) is 0.376. The van der Waals surface area contributed by atoms with Crippen LogP contribution in [0.4, 0.5) is 17.6 Å². The second-order valence-electron chi connectivity index (χ2n) is 5.88. The summed E-state index contributed by atoms with van der Waals surface area (Å²) in [7, 11) is 0. The second-order valence-corrected chi connectivity index (χ2v) is 6.85. The van der Waals surface area contributed by atoms with Crippen LogP contribution in [0.25, 0.3) is 10.9 Å². The predicted octanol–water partition coefficient (Wildman–Crippen LogP) is 4.24. The van der Waals surface area contributed by atoms with Crippen LogP contribution in [0.1, 0.15) is 11.4 Å². The number of carbonyl (C=O) groups excluding carboxylic acids is 1. The Hall–Kier alpha value is -2.68. The number of alkyl halides is 3. The normalized spacial score (nSPS) is 11.6. The SMILES string of the molecule is O=C(CSc1nc(C(F)(F)F)nc2ccccc12)NCCc1ccc(F)cc1. The number of rotatable bonds is 6. The van der Waals surface area contributed by atoms with Gasteiger partial charge in [-0.3, -0.25) is 4.79 Å². The van der Waals surface area contributed by atoms with E-state index in [1.54, 1.807) is 30.3 Å². The number of nitrogens with zero attached hydrogens (tertiary/aromatic N) is 2. The van der Waals surface area contributed by atoms with E-state index >= 15 is 0 Å². The topological polar surface area (TPSA) is 54.9 Å². The van der Waals surface area contributed by atoms with Gasteiger partial charge in [0.15, 0.2) is 0 Å². The lowest BCUT2D eigenvalue weighted by Gasteiger charge is -2.10. The third kappa shape index (κ3) is 5.19. The number of benzene rings is 2. The molecule has 146 valence electrons. The maximum atomic E-state index is 13.0. The monoisotopic (exact) mass is 409 g/mol. The number of amides is 1. The molecule has 28 heavy (non-hydrogen) atoms. The highest BCUT2D eigenvalue weighted by molar-refractivity contribution is 8.00. The Morgan fingerprint density at radius 1 is 1.04 bits per heavy atom. The van der Waals surface area contributed by atoms with Crippen molar-refractivity contribution in [1.82, 2.24) is 15.3 Å². The molecule has 0 aliphatic rings. The van der Waals surface area contributed by atoms with Crippen molar-refractivity contribution in [1.29, 1.82) is 0 Å². The fourth-order valence-electron chi connectivity index (χ4n) is 2.47. The van der Waals surface area contributed by atoms with E-state index in [1.807, 2.05) is 0 Å². The standard InChI is InChI=1S/C19H15F4N3OS/c20-13-7-5-12(6-8-13)9-10-24-16(27)11-28-17-14-3-1-2-4-15(14)25-18(26-17)19(21,22)23/h1-8H,9-11H2,(H,24,27). The molecule has 0 bridgehead atoms. The summed E-state index contributed by atoms with van der Waals surface area (Å²) in [5.74, 6) is -1.98. The lowest BCUT2D eigenvalue weighted by Crippen LogP contribution is -2.27. The minimum atomic E-state index is -4.67. The second kappa shape index (κ2) is 8.55. The summed E-state index contributed by atoms with van der Waals surface area (Å²) >= 11 is 0.924. The minimum Gasteiger partial charge on any atom is -0.355 e. The van der Waals surface area contributed by atoms with Gasteiger partial charge in [0.05, 0.1) is 11.3 Å². The highest BCUT2D eigenvalue weighted by Crippen LogP contribution is 2.31. The molecule has 3 rings (SSSR count). The summed E-state index contributed by atoms with van der Waals surface area (Å²) in [6, 6.07) is 12.3. The third-order valence-electron chi connectivity index (χ3n) is 3.81. The first-order valence-electron chi connectivity index (χ1n) is 8.31. The molecule has 9 heteroatoms. The molecule has 0 fully saturated rings. The van der Waals surface area contributed by atoms with Crippen molar-refractivity contribution in [2.75, 3.05) is 12.3 Å². The lowest BCUT2D eigenvalue weighted by molar-refractivity contribution is -0.145. The van der Waals surface area contributed by atoms with Crippen LogP contribution < -0.4 is 5.32 Å². The number of thioether (sulfide) groups is 1. The summed E-state index contributed by atoms with van der Waals surface area (Å²) < 4.78 is 51.9. The summed E-state index contributed by atoms with van der Waals surface area (Å²) in [5.41, 5.74) is 1.04. The van der Waals surface area contributed by atoms with Crippen molar-refractivity contribution < 1.29 is 22.4 Å². The maximum Gasteiger partial charge on any atom is 0.451 e. The Bertz CT molecular complexity index is 977. The van der Waals surface area contributed by atoms with Crippen LogP contribution in [0.3, 0.4) is 0 Å². The summed E-state index contributed by atoms with van der Waals surface area (Å²) in [6.45, 7) is 0.337. The van der Waals surface area contributed by atoms with Crippen LogP contribution in [0.15, 0.2) is 53.6 Å². The van der Waals surface area contributed by atoms with Gasteiger partial charge >= 0.3 is 6.18 Å². The molecule has 1 heterocycles. The minimum absolute atomic E-state index is 0.0816. The van der Waals surface area contributed by atoms with Gasteiger partial charge in [-0.1, -0.05) is 42.1 Å². The number of aromatic nitrogens is 2. The van der Waals surface area contributed by atoms with Crippen molar-refractivity contribution >= 4 is 28.6 Å². The molecular weight excluding hydrogens is 394 g/mol. The van der Waals surface area contributed by atoms with Gasteiger partial charge in [-0.05, 0) is 30.2 Å². The van der Waals surface area contributed by atoms with Crippen molar-refractivity contribution in [2.45, 2.75) is 17.6 Å². The molecular formula is C19H15F4N3OS. The first-order valence-corrected chi connectivity index (χ1v) is 9.29. The van der Waals surface area contributed by atoms with Gasteiger partial charge in [-0.2, -0.15) is 13.2 Å². The number of nitrogens with one attached hydrogen (secondary N) is 1. The van der Waals surface area contributed by atoms with E-state index in [1.165, 1.54) is 18.2 Å². The smallest absolute Gasteiger partial charge is 0.355 e. The number of halogens is 4. The van der Waals surface area contributed by atoms with Crippen LogP contribution in [-0.4, -0.2) is 28.2 Å². The fraction of sp³-hybridized carbons (Fsp3) is 0.211. The Morgan fingerprint density at radius 3 is 2.46 bits per heavy atom. The van der Waals surface area contributed by atoms with E-state index < -0.39 is 12.0 Å². The Balaban J connectivity index is 1.62. The van der Waals surface area contributed by atoms with Gasteiger partial charge in [0, 0.05) is 11.9 Å². The Labute approximate surface area is 162 Å². The van der Waals surface area contributed by atoms with Gasteiger partial charge in [-0.15, -0.1) is 0 Å².